The van der Waals surface area contributed by atoms with Crippen LogP contribution in [0, 0.1) is 24.6 Å². The van der Waals surface area contributed by atoms with Gasteiger partial charge in [0.25, 0.3) is 0 Å². The summed E-state index contributed by atoms with van der Waals surface area (Å²) in [5.41, 5.74) is 1.87. The van der Waals surface area contributed by atoms with Gasteiger partial charge in [-0.1, -0.05) is 42.5 Å². The van der Waals surface area contributed by atoms with Gasteiger partial charge in [-0.2, -0.15) is 0 Å². The summed E-state index contributed by atoms with van der Waals surface area (Å²) in [6.45, 7) is 5.13. The van der Waals surface area contributed by atoms with Gasteiger partial charge in [0, 0.05) is 64.3 Å². The maximum absolute atomic E-state index is 14.8. The van der Waals surface area contributed by atoms with Crippen molar-refractivity contribution in [3.63, 3.8) is 0 Å². The van der Waals surface area contributed by atoms with E-state index >= 15 is 0 Å². The summed E-state index contributed by atoms with van der Waals surface area (Å²) in [4.78, 5) is 32.1. The fourth-order valence-electron chi connectivity index (χ4n) is 5.80. The summed E-state index contributed by atoms with van der Waals surface area (Å²) < 4.78 is 25.6. The van der Waals surface area contributed by atoms with E-state index in [4.69, 9.17) is 9.47 Å². The van der Waals surface area contributed by atoms with Crippen molar-refractivity contribution in [1.29, 1.82) is 0 Å². The number of piperidine rings is 2. The Morgan fingerprint density at radius 1 is 0.972 bits per heavy atom. The minimum absolute atomic E-state index is 0.0118. The molecule has 2 aromatic rings. The summed E-state index contributed by atoms with van der Waals surface area (Å²) >= 11 is 0. The van der Waals surface area contributed by atoms with Gasteiger partial charge in [-0.15, -0.1) is 0 Å². The number of ether oxygens (including phenoxy) is 2. The second kappa shape index (κ2) is 12.1. The van der Waals surface area contributed by atoms with E-state index in [9.17, 15) is 14.0 Å². The molecule has 0 radical (unpaired) electrons. The third-order valence-electron chi connectivity index (χ3n) is 7.86. The lowest BCUT2D eigenvalue weighted by Gasteiger charge is -2.45. The Hall–Kier alpha value is -2.61. The molecule has 2 aromatic carbocycles. The number of carbonyl (C=O) groups excluding carboxylic acids is 2. The van der Waals surface area contributed by atoms with Gasteiger partial charge >= 0.3 is 0 Å². The molecule has 0 bridgehead atoms. The molecule has 2 aliphatic rings. The van der Waals surface area contributed by atoms with Gasteiger partial charge in [-0.05, 0) is 37.0 Å². The fraction of sp³-hybridized carbons (Fsp3) is 0.517. The van der Waals surface area contributed by atoms with Crippen LogP contribution in [0.2, 0.25) is 0 Å². The van der Waals surface area contributed by atoms with E-state index in [2.05, 4.69) is 4.90 Å². The lowest BCUT2D eigenvalue weighted by atomic mass is 9.69. The number of Topliss-reactive ketones (excluding diaryl/α,β-unsaturated/α-hetero) is 1. The van der Waals surface area contributed by atoms with Crippen molar-refractivity contribution >= 4 is 11.7 Å². The third-order valence-corrected chi connectivity index (χ3v) is 7.86. The summed E-state index contributed by atoms with van der Waals surface area (Å²) in [5.74, 6) is -1.66. The highest BCUT2D eigenvalue weighted by atomic mass is 19.1. The van der Waals surface area contributed by atoms with E-state index in [0.29, 0.717) is 50.5 Å². The number of rotatable bonds is 8. The summed E-state index contributed by atoms with van der Waals surface area (Å²) in [5, 5.41) is 0. The van der Waals surface area contributed by atoms with Crippen LogP contribution in [0.4, 0.5) is 4.39 Å². The van der Waals surface area contributed by atoms with Gasteiger partial charge < -0.3 is 14.4 Å². The number of halogens is 1. The molecule has 36 heavy (non-hydrogen) atoms. The third kappa shape index (κ3) is 5.69. The highest BCUT2D eigenvalue weighted by molar-refractivity contribution is 5.99. The molecule has 0 saturated carbocycles. The summed E-state index contributed by atoms with van der Waals surface area (Å²) in [6, 6.07) is 14.2. The molecule has 0 aliphatic carbocycles. The van der Waals surface area contributed by atoms with E-state index in [-0.39, 0.29) is 23.6 Å². The molecule has 1 unspecified atom stereocenters. The molecule has 6 nitrogen and oxygen atoms in total. The van der Waals surface area contributed by atoms with Crippen LogP contribution in [0.5, 0.6) is 0 Å². The monoisotopic (exact) mass is 496 g/mol. The number of hydrogen-bond donors (Lipinski definition) is 0. The van der Waals surface area contributed by atoms with Gasteiger partial charge in [0.05, 0.1) is 18.6 Å². The molecule has 2 fully saturated rings. The molecule has 4 rings (SSSR count). The number of methoxy groups -OCH3 is 2. The van der Waals surface area contributed by atoms with Crippen LogP contribution in [0.3, 0.4) is 0 Å². The lowest BCUT2D eigenvalue weighted by molar-refractivity contribution is -0.141. The molecule has 194 valence electrons. The Morgan fingerprint density at radius 2 is 1.67 bits per heavy atom. The van der Waals surface area contributed by atoms with Gasteiger partial charge in [-0.25, -0.2) is 4.39 Å². The number of nitrogens with zero attached hydrogens (tertiary/aromatic N) is 2. The molecule has 7 heteroatoms. The molecule has 0 N–H and O–H groups in total. The molecule has 2 aliphatic heterocycles. The predicted molar refractivity (Wildman–Crippen MR) is 137 cm³/mol. The zero-order valence-electron chi connectivity index (χ0n) is 21.5. The predicted octanol–water partition coefficient (Wildman–Crippen LogP) is 3.93. The minimum Gasteiger partial charge on any atom is -0.383 e. The molecule has 2 saturated heterocycles. The van der Waals surface area contributed by atoms with Crippen LogP contribution in [-0.4, -0.2) is 81.1 Å². The first-order valence-electron chi connectivity index (χ1n) is 12.8. The van der Waals surface area contributed by atoms with Gasteiger partial charge in [-0.3, -0.25) is 14.5 Å². The number of benzene rings is 2. The summed E-state index contributed by atoms with van der Waals surface area (Å²) in [7, 11) is 3.36. The maximum atomic E-state index is 14.8. The fourth-order valence-corrected chi connectivity index (χ4v) is 5.80. The Balaban J connectivity index is 1.75. The minimum atomic E-state index is -0.482. The van der Waals surface area contributed by atoms with E-state index in [1.54, 1.807) is 27.2 Å². The van der Waals surface area contributed by atoms with Crippen LogP contribution < -0.4 is 0 Å². The van der Waals surface area contributed by atoms with E-state index in [1.165, 1.54) is 6.07 Å². The van der Waals surface area contributed by atoms with Crippen molar-refractivity contribution < 1.29 is 23.5 Å². The van der Waals surface area contributed by atoms with Crippen LogP contribution in [0.1, 0.15) is 40.2 Å². The van der Waals surface area contributed by atoms with Crippen molar-refractivity contribution in [2.24, 2.45) is 11.8 Å². The zero-order chi connectivity index (χ0) is 25.7. The first kappa shape index (κ1) is 26.5. The molecule has 3 atom stereocenters. The zero-order valence-corrected chi connectivity index (χ0v) is 21.5. The van der Waals surface area contributed by atoms with E-state index < -0.39 is 17.8 Å². The van der Waals surface area contributed by atoms with Crippen LogP contribution in [-0.2, 0) is 14.3 Å². The SMILES string of the molecule is COCCN1C[C@H](C(=O)c2ccccc2)C(c2cccc(F)c2C)[C@H](C(=O)N2CCC(OC)CC2)C1. The largest absolute Gasteiger partial charge is 0.383 e. The van der Waals surface area contributed by atoms with Crippen LogP contribution >= 0.6 is 0 Å². The Morgan fingerprint density at radius 3 is 2.33 bits per heavy atom. The molecular formula is C29H37FN2O4. The molecule has 1 amide bonds. The highest BCUT2D eigenvalue weighted by Crippen LogP contribution is 2.42. The van der Waals surface area contributed by atoms with Crippen molar-refractivity contribution in [1.82, 2.24) is 9.80 Å². The first-order chi connectivity index (χ1) is 17.4. The number of likely N-dealkylation sites (tertiary alicyclic amines) is 2. The average molecular weight is 497 g/mol. The number of hydrogen-bond acceptors (Lipinski definition) is 5. The van der Waals surface area contributed by atoms with Crippen molar-refractivity contribution in [2.45, 2.75) is 31.8 Å². The van der Waals surface area contributed by atoms with Crippen LogP contribution in [0.15, 0.2) is 48.5 Å². The number of ketones is 1. The van der Waals surface area contributed by atoms with Gasteiger partial charge in [0.15, 0.2) is 5.78 Å². The molecular weight excluding hydrogens is 459 g/mol. The Kier molecular flexibility index (Phi) is 8.88. The number of amides is 1. The Bertz CT molecular complexity index is 1040. The second-order valence-corrected chi connectivity index (χ2v) is 9.94. The molecule has 0 aromatic heterocycles. The second-order valence-electron chi connectivity index (χ2n) is 9.94. The molecule has 2 heterocycles. The number of carbonyl (C=O) groups is 2. The summed E-state index contributed by atoms with van der Waals surface area (Å²) in [6.07, 6.45) is 1.74. The first-order valence-corrected chi connectivity index (χ1v) is 12.8. The van der Waals surface area contributed by atoms with Gasteiger partial charge in [0.1, 0.15) is 5.82 Å². The van der Waals surface area contributed by atoms with Gasteiger partial charge in [0.2, 0.25) is 5.91 Å². The average Bonchev–Trinajstić information content (AvgIpc) is 2.92. The van der Waals surface area contributed by atoms with Crippen molar-refractivity contribution in [3.8, 4) is 0 Å². The topological polar surface area (TPSA) is 59.1 Å². The van der Waals surface area contributed by atoms with Crippen molar-refractivity contribution in [2.75, 3.05) is 53.6 Å². The standard InChI is InChI=1S/C29H37FN2O4/c1-20-23(10-7-11-26(20)30)27-24(28(33)21-8-5-4-6-9-21)18-31(16-17-35-2)19-25(27)29(34)32-14-12-22(36-3)13-15-32/h4-11,22,24-25,27H,12-19H2,1-3H3/t24-,25+,27?/m0/s1. The van der Waals surface area contributed by atoms with Crippen molar-refractivity contribution in [3.05, 3.63) is 71.0 Å². The maximum Gasteiger partial charge on any atom is 0.227 e. The smallest absolute Gasteiger partial charge is 0.227 e. The normalized spacial score (nSPS) is 23.6. The van der Waals surface area contributed by atoms with Crippen LogP contribution in [0.25, 0.3) is 0 Å². The quantitative estimate of drug-likeness (QED) is 0.519. The Labute approximate surface area is 213 Å². The van der Waals surface area contributed by atoms with E-state index in [1.807, 2.05) is 41.3 Å². The highest BCUT2D eigenvalue weighted by Gasteiger charge is 2.46. The molecule has 0 spiro atoms. The lowest BCUT2D eigenvalue weighted by Crippen LogP contribution is -2.55. The van der Waals surface area contributed by atoms with E-state index in [0.717, 1.165) is 18.4 Å².